The molecule has 0 aromatic rings. The van der Waals surface area contributed by atoms with E-state index in [-0.39, 0.29) is 0 Å². The van der Waals surface area contributed by atoms with Gasteiger partial charge in [-0.2, -0.15) is 4.31 Å². The maximum atomic E-state index is 9.63. The Kier molecular flexibility index (Phi) is 14.4. The van der Waals surface area contributed by atoms with Gasteiger partial charge in [-0.3, -0.25) is 0 Å². The topological polar surface area (TPSA) is 158 Å². The molecule has 78 valence electrons. The molecule has 13 heteroatoms. The molecular formula is H4O9P2V2. The Morgan fingerprint density at radius 3 is 0.923 bits per heavy atom. The average molecular weight is 312 g/mol. The Hall–Kier alpha value is 1.03. The Balaban J connectivity index is -0.000000218. The Morgan fingerprint density at radius 2 is 0.923 bits per heavy atom. The van der Waals surface area contributed by atoms with Gasteiger partial charge in [0.25, 0.3) is 0 Å². The van der Waals surface area contributed by atoms with Gasteiger partial charge >= 0.3 is 57.7 Å². The molecule has 0 unspecified atom stereocenters. The van der Waals surface area contributed by atoms with Crippen molar-refractivity contribution in [3.8, 4) is 0 Å². The minimum absolute atomic E-state index is 1.06. The SMILES string of the molecule is O=P(O)(O)OP(=O)(O)O.[O]=[V].[O]=[V]. The molecule has 9 nitrogen and oxygen atoms in total. The quantitative estimate of drug-likeness (QED) is 0.466. The van der Waals surface area contributed by atoms with Crippen molar-refractivity contribution in [1.82, 2.24) is 0 Å². The van der Waals surface area contributed by atoms with E-state index in [1.165, 1.54) is 0 Å². The van der Waals surface area contributed by atoms with Crippen molar-refractivity contribution >= 4 is 15.6 Å². The fourth-order valence-electron chi connectivity index (χ4n) is 0.139. The van der Waals surface area contributed by atoms with Crippen LogP contribution in [0.2, 0.25) is 0 Å². The Bertz CT molecular complexity index is 178. The molecule has 0 heterocycles. The third kappa shape index (κ3) is 32.1. The number of phosphoric acid groups is 2. The van der Waals surface area contributed by atoms with Crippen LogP contribution in [-0.2, 0) is 55.5 Å². The summed E-state index contributed by atoms with van der Waals surface area (Å²) in [6.07, 6.45) is 0. The summed E-state index contributed by atoms with van der Waals surface area (Å²) in [6.45, 7) is 0. The van der Waals surface area contributed by atoms with Gasteiger partial charge in [0.15, 0.2) is 0 Å². The summed E-state index contributed by atoms with van der Waals surface area (Å²) in [5, 5.41) is 0. The van der Waals surface area contributed by atoms with Gasteiger partial charge in [0.2, 0.25) is 0 Å². The summed E-state index contributed by atoms with van der Waals surface area (Å²) < 4.78 is 38.6. The standard InChI is InChI=1S/H4O7P2.2O.2V/c1-8(2,3)7-9(4,5)6;;;;/h(H2,1,2,3)(H2,4,5,6);;;;. The molecule has 0 aromatic heterocycles. The van der Waals surface area contributed by atoms with E-state index in [1.54, 1.807) is 0 Å². The monoisotopic (exact) mass is 312 g/mol. The summed E-state index contributed by atoms with van der Waals surface area (Å²) in [6, 6.07) is 0. The van der Waals surface area contributed by atoms with Gasteiger partial charge in [0, 0.05) is 0 Å². The van der Waals surface area contributed by atoms with Crippen LogP contribution in [0.25, 0.3) is 0 Å². The van der Waals surface area contributed by atoms with Crippen molar-refractivity contribution in [3.05, 3.63) is 0 Å². The van der Waals surface area contributed by atoms with Gasteiger partial charge in [-0.05, 0) is 0 Å². The third-order valence-corrected chi connectivity index (χ3v) is 1.91. The van der Waals surface area contributed by atoms with Crippen molar-refractivity contribution in [2.45, 2.75) is 0 Å². The van der Waals surface area contributed by atoms with Crippen LogP contribution in [-0.4, -0.2) is 19.6 Å². The zero-order valence-corrected chi connectivity index (χ0v) is 10.2. The molecular weight excluding hydrogens is 308 g/mol. The maximum absolute atomic E-state index is 9.63. The molecule has 0 fully saturated rings. The normalized spacial score (nSPS) is 10.0. The van der Waals surface area contributed by atoms with Crippen LogP contribution < -0.4 is 0 Å². The van der Waals surface area contributed by atoms with Gasteiger partial charge in [-0.15, -0.1) is 0 Å². The van der Waals surface area contributed by atoms with Crippen LogP contribution in [0.5, 0.6) is 0 Å². The zero-order chi connectivity index (χ0) is 11.7. The molecule has 0 saturated carbocycles. The second kappa shape index (κ2) is 9.58. The van der Waals surface area contributed by atoms with E-state index in [4.69, 9.17) is 26.9 Å². The van der Waals surface area contributed by atoms with E-state index >= 15 is 0 Å². The number of hydrogen-bond donors (Lipinski definition) is 4. The van der Waals surface area contributed by atoms with E-state index in [2.05, 4.69) is 4.31 Å². The van der Waals surface area contributed by atoms with Crippen LogP contribution in [0.1, 0.15) is 0 Å². The van der Waals surface area contributed by atoms with E-state index in [0.29, 0.717) is 0 Å². The first-order chi connectivity index (χ1) is 5.71. The minimum atomic E-state index is -5.05. The van der Waals surface area contributed by atoms with Crippen LogP contribution in [0.4, 0.5) is 0 Å². The number of rotatable bonds is 2. The first-order valence-corrected chi connectivity index (χ1v) is 6.10. The molecule has 0 aromatic carbocycles. The predicted molar refractivity (Wildman–Crippen MR) is 26.5 cm³/mol. The molecule has 13 heavy (non-hydrogen) atoms. The molecule has 4 N–H and O–H groups in total. The molecule has 0 aliphatic heterocycles. The van der Waals surface area contributed by atoms with Crippen LogP contribution in [0.15, 0.2) is 0 Å². The molecule has 0 atom stereocenters. The second-order valence-electron chi connectivity index (χ2n) is 1.06. The van der Waals surface area contributed by atoms with Gasteiger partial charge in [0.05, 0.1) is 0 Å². The summed E-state index contributed by atoms with van der Waals surface area (Å²) in [5.41, 5.74) is 0. The van der Waals surface area contributed by atoms with Gasteiger partial charge < -0.3 is 19.6 Å². The van der Waals surface area contributed by atoms with Crippen molar-refractivity contribution in [3.63, 3.8) is 0 Å². The molecule has 0 spiro atoms. The number of hydrogen-bond acceptors (Lipinski definition) is 5. The summed E-state index contributed by atoms with van der Waals surface area (Å²) in [7, 11) is -10.1. The summed E-state index contributed by atoms with van der Waals surface area (Å²) in [4.78, 5) is 31.0. The van der Waals surface area contributed by atoms with Crippen LogP contribution >= 0.6 is 15.6 Å². The first kappa shape index (κ1) is 19.6. The van der Waals surface area contributed by atoms with E-state index < -0.39 is 15.6 Å². The molecule has 0 aliphatic carbocycles. The molecule has 0 saturated heterocycles. The predicted octanol–water partition coefficient (Wildman–Crippen LogP) is -1.05. The molecule has 0 rings (SSSR count). The molecule has 0 aliphatic rings. The van der Waals surface area contributed by atoms with Crippen molar-refractivity contribution in [2.75, 3.05) is 0 Å². The zero-order valence-electron chi connectivity index (χ0n) is 5.62. The molecule has 0 radical (unpaired) electrons. The van der Waals surface area contributed by atoms with Crippen LogP contribution in [0.3, 0.4) is 0 Å². The van der Waals surface area contributed by atoms with Gasteiger partial charge in [-0.25, -0.2) is 9.13 Å². The van der Waals surface area contributed by atoms with Crippen LogP contribution in [0, 0.1) is 0 Å². The van der Waals surface area contributed by atoms with Gasteiger partial charge in [0.1, 0.15) is 0 Å². The van der Waals surface area contributed by atoms with Crippen molar-refractivity contribution < 1.29 is 75.1 Å². The van der Waals surface area contributed by atoms with E-state index in [1.807, 2.05) is 0 Å². The van der Waals surface area contributed by atoms with Crippen molar-refractivity contribution in [1.29, 1.82) is 0 Å². The fourth-order valence-corrected chi connectivity index (χ4v) is 1.25. The first-order valence-electron chi connectivity index (χ1n) is 1.90. The van der Waals surface area contributed by atoms with Crippen molar-refractivity contribution in [2.24, 2.45) is 0 Å². The second-order valence-corrected chi connectivity index (χ2v) is 3.68. The van der Waals surface area contributed by atoms with Gasteiger partial charge in [-0.1, -0.05) is 0 Å². The van der Waals surface area contributed by atoms with E-state index in [9.17, 15) is 9.13 Å². The molecule has 0 amide bonds. The molecule has 0 bridgehead atoms. The Labute approximate surface area is 90.8 Å². The average Bonchev–Trinajstić information content (AvgIpc) is 1.88. The Morgan fingerprint density at radius 1 is 0.769 bits per heavy atom. The summed E-state index contributed by atoms with van der Waals surface area (Å²) >= 11 is 2.12. The summed E-state index contributed by atoms with van der Waals surface area (Å²) in [5.74, 6) is 0. The third-order valence-electron chi connectivity index (χ3n) is 0.213. The van der Waals surface area contributed by atoms with E-state index in [0.717, 1.165) is 34.7 Å². The fraction of sp³-hybridized carbons (Fsp3) is 0.